The second kappa shape index (κ2) is 5.00. The lowest BCUT2D eigenvalue weighted by Crippen LogP contribution is -2.53. The lowest BCUT2D eigenvalue weighted by molar-refractivity contribution is -0.0895. The summed E-state index contributed by atoms with van der Waals surface area (Å²) in [7, 11) is 0. The second-order valence-corrected chi connectivity index (χ2v) is 6.46. The smallest absolute Gasteiger partial charge is 0.248 e. The summed E-state index contributed by atoms with van der Waals surface area (Å²) in [5.41, 5.74) is 6.03. The predicted molar refractivity (Wildman–Crippen MR) is 79.2 cm³/mol. The summed E-state index contributed by atoms with van der Waals surface area (Å²) in [6.45, 7) is 5.70. The van der Waals surface area contributed by atoms with Crippen LogP contribution < -0.4 is 10.5 Å². The van der Waals surface area contributed by atoms with Crippen LogP contribution in [0.1, 0.15) is 48.7 Å². The lowest BCUT2D eigenvalue weighted by atomic mass is 9.85. The van der Waals surface area contributed by atoms with E-state index in [0.29, 0.717) is 5.56 Å². The van der Waals surface area contributed by atoms with Crippen molar-refractivity contribution in [1.82, 2.24) is 4.90 Å². The van der Waals surface area contributed by atoms with E-state index in [1.165, 1.54) is 0 Å². The van der Waals surface area contributed by atoms with Crippen LogP contribution in [-0.2, 0) is 0 Å². The van der Waals surface area contributed by atoms with Crippen molar-refractivity contribution in [2.75, 3.05) is 13.1 Å². The first kappa shape index (κ1) is 14.4. The molecular formula is C16H22N2O3. The van der Waals surface area contributed by atoms with Crippen LogP contribution in [0.3, 0.4) is 0 Å². The zero-order chi connectivity index (χ0) is 15.2. The highest BCUT2D eigenvalue weighted by Gasteiger charge is 2.45. The van der Waals surface area contributed by atoms with Crippen LogP contribution in [0.2, 0.25) is 0 Å². The Labute approximate surface area is 124 Å². The first-order valence-electron chi connectivity index (χ1n) is 7.45. The molecule has 1 amide bonds. The van der Waals surface area contributed by atoms with Gasteiger partial charge in [-0.1, -0.05) is 0 Å². The Morgan fingerprint density at radius 1 is 1.38 bits per heavy atom. The lowest BCUT2D eigenvalue weighted by Gasteiger charge is -2.45. The van der Waals surface area contributed by atoms with Crippen molar-refractivity contribution in [2.24, 2.45) is 5.73 Å². The Morgan fingerprint density at radius 2 is 2.05 bits per heavy atom. The van der Waals surface area contributed by atoms with Crippen LogP contribution in [0.15, 0.2) is 18.2 Å². The minimum Gasteiger partial charge on any atom is -0.485 e. The highest BCUT2D eigenvalue weighted by molar-refractivity contribution is 5.93. The van der Waals surface area contributed by atoms with Gasteiger partial charge in [-0.3, -0.25) is 9.69 Å². The summed E-state index contributed by atoms with van der Waals surface area (Å²) in [6.07, 6.45) is 1.62. The minimum absolute atomic E-state index is 0.148. The van der Waals surface area contributed by atoms with Gasteiger partial charge in [-0.25, -0.2) is 0 Å². The first-order valence-corrected chi connectivity index (χ1v) is 7.45. The number of carbonyl (C=O) groups is 1. The van der Waals surface area contributed by atoms with Crippen molar-refractivity contribution in [3.63, 3.8) is 0 Å². The van der Waals surface area contributed by atoms with E-state index in [2.05, 4.69) is 4.90 Å². The number of ether oxygens (including phenoxy) is 1. The van der Waals surface area contributed by atoms with Gasteiger partial charge in [0.05, 0.1) is 6.04 Å². The number of primary amides is 1. The van der Waals surface area contributed by atoms with Crippen molar-refractivity contribution in [1.29, 1.82) is 0 Å². The molecule has 3 N–H and O–H groups in total. The number of likely N-dealkylation sites (tertiary alicyclic amines) is 1. The average Bonchev–Trinajstić information content (AvgIpc) is 2.93. The molecule has 1 fully saturated rings. The highest BCUT2D eigenvalue weighted by atomic mass is 16.5. The van der Waals surface area contributed by atoms with Crippen LogP contribution in [0.25, 0.3) is 0 Å². The summed E-state index contributed by atoms with van der Waals surface area (Å²) < 4.78 is 5.93. The molecule has 5 heteroatoms. The Kier molecular flexibility index (Phi) is 3.42. The monoisotopic (exact) mass is 290 g/mol. The summed E-state index contributed by atoms with van der Waals surface area (Å²) in [5.74, 6) is 0.268. The number of aliphatic hydroxyl groups is 1. The molecule has 114 valence electrons. The maximum absolute atomic E-state index is 11.4. The van der Waals surface area contributed by atoms with Crippen LogP contribution >= 0.6 is 0 Å². The maximum Gasteiger partial charge on any atom is 0.248 e. The molecule has 21 heavy (non-hydrogen) atoms. The number of hydrogen-bond donors (Lipinski definition) is 2. The van der Waals surface area contributed by atoms with Gasteiger partial charge < -0.3 is 15.6 Å². The molecule has 0 saturated carbocycles. The number of hydrogen-bond acceptors (Lipinski definition) is 4. The molecule has 2 atom stereocenters. The van der Waals surface area contributed by atoms with Crippen molar-refractivity contribution in [2.45, 2.75) is 44.4 Å². The van der Waals surface area contributed by atoms with Gasteiger partial charge in [0, 0.05) is 11.1 Å². The van der Waals surface area contributed by atoms with Gasteiger partial charge in [-0.05, 0) is 58.0 Å². The molecule has 1 saturated heterocycles. The van der Waals surface area contributed by atoms with Crippen LogP contribution in [-0.4, -0.2) is 40.7 Å². The summed E-state index contributed by atoms with van der Waals surface area (Å²) in [5, 5.41) is 10.8. The summed E-state index contributed by atoms with van der Waals surface area (Å²) in [6, 6.07) is 5.08. The molecule has 0 bridgehead atoms. The molecule has 0 unspecified atom stereocenters. The first-order chi connectivity index (χ1) is 9.90. The Bertz CT molecular complexity index is 565. The fourth-order valence-corrected chi connectivity index (χ4v) is 3.34. The quantitative estimate of drug-likeness (QED) is 0.864. The molecule has 2 aliphatic heterocycles. The van der Waals surface area contributed by atoms with Crippen LogP contribution in [0.5, 0.6) is 5.75 Å². The van der Waals surface area contributed by atoms with Crippen molar-refractivity contribution < 1.29 is 14.6 Å². The number of aliphatic hydroxyl groups excluding tert-OH is 1. The predicted octanol–water partition coefficient (Wildman–Crippen LogP) is 1.45. The fourth-order valence-electron chi connectivity index (χ4n) is 3.34. The van der Waals surface area contributed by atoms with Crippen molar-refractivity contribution in [3.05, 3.63) is 29.3 Å². The van der Waals surface area contributed by atoms with Gasteiger partial charge in [0.15, 0.2) is 0 Å². The number of nitrogens with zero attached hydrogens (tertiary/aromatic N) is 1. The fraction of sp³-hybridized carbons (Fsp3) is 0.562. The van der Waals surface area contributed by atoms with E-state index in [4.69, 9.17) is 10.5 Å². The SMILES string of the molecule is CC1(C)Oc2ccc(C(N)=O)cc2[C@@H](N2CCCC2)[C@@H]1O. The third-order valence-electron chi connectivity index (χ3n) is 4.53. The van der Waals surface area contributed by atoms with Crippen LogP contribution in [0, 0.1) is 0 Å². The molecule has 0 radical (unpaired) electrons. The third kappa shape index (κ3) is 2.40. The van der Waals surface area contributed by atoms with E-state index in [-0.39, 0.29) is 6.04 Å². The summed E-state index contributed by atoms with van der Waals surface area (Å²) in [4.78, 5) is 13.7. The van der Waals surface area contributed by atoms with Gasteiger partial charge in [-0.2, -0.15) is 0 Å². The molecule has 2 aliphatic rings. The molecule has 0 aliphatic carbocycles. The molecule has 1 aromatic carbocycles. The van der Waals surface area contributed by atoms with E-state index in [1.54, 1.807) is 18.2 Å². The zero-order valence-corrected chi connectivity index (χ0v) is 12.5. The van der Waals surface area contributed by atoms with Gasteiger partial charge in [0.2, 0.25) is 5.91 Å². The zero-order valence-electron chi connectivity index (χ0n) is 12.5. The van der Waals surface area contributed by atoms with Crippen molar-refractivity contribution in [3.8, 4) is 5.75 Å². The van der Waals surface area contributed by atoms with Crippen molar-refractivity contribution >= 4 is 5.91 Å². The van der Waals surface area contributed by atoms with E-state index < -0.39 is 17.6 Å². The maximum atomic E-state index is 11.4. The van der Waals surface area contributed by atoms with Crippen LogP contribution in [0.4, 0.5) is 0 Å². The molecule has 1 aromatic rings. The molecule has 2 heterocycles. The molecule has 0 aromatic heterocycles. The normalized spacial score (nSPS) is 28.0. The Hall–Kier alpha value is -1.59. The summed E-state index contributed by atoms with van der Waals surface area (Å²) >= 11 is 0. The molecular weight excluding hydrogens is 268 g/mol. The molecule has 5 nitrogen and oxygen atoms in total. The van der Waals surface area contributed by atoms with Gasteiger partial charge in [0.25, 0.3) is 0 Å². The van der Waals surface area contributed by atoms with E-state index in [9.17, 15) is 9.90 Å². The molecule has 3 rings (SSSR count). The number of benzene rings is 1. The van der Waals surface area contributed by atoms with E-state index in [1.807, 2.05) is 13.8 Å². The highest BCUT2D eigenvalue weighted by Crippen LogP contribution is 2.44. The number of nitrogens with two attached hydrogens (primary N) is 1. The Morgan fingerprint density at radius 3 is 2.67 bits per heavy atom. The topological polar surface area (TPSA) is 75.8 Å². The number of amides is 1. The van der Waals surface area contributed by atoms with E-state index in [0.717, 1.165) is 37.2 Å². The second-order valence-electron chi connectivity index (χ2n) is 6.46. The minimum atomic E-state index is -0.658. The standard InChI is InChI=1S/C16H22N2O3/c1-16(2)14(19)13(18-7-3-4-8-18)11-9-10(15(17)20)5-6-12(11)21-16/h5-6,9,13-14,19H,3-4,7-8H2,1-2H3,(H2,17,20)/t13-,14+/m1/s1. The number of fused-ring (bicyclic) bond motifs is 1. The number of rotatable bonds is 2. The van der Waals surface area contributed by atoms with E-state index >= 15 is 0 Å². The molecule has 0 spiro atoms. The average molecular weight is 290 g/mol. The largest absolute Gasteiger partial charge is 0.485 e. The number of carbonyl (C=O) groups excluding carboxylic acids is 1. The Balaban J connectivity index is 2.08. The van der Waals surface area contributed by atoms with Gasteiger partial charge >= 0.3 is 0 Å². The van der Waals surface area contributed by atoms with Gasteiger partial charge in [-0.15, -0.1) is 0 Å². The third-order valence-corrected chi connectivity index (χ3v) is 4.53. The van der Waals surface area contributed by atoms with Gasteiger partial charge in [0.1, 0.15) is 17.5 Å².